The standard InChI is InChI=1S/C27H32N2O4/c1-4-16-28(26(30)17-22-11-14-24(32-3)15-12-22)20-27(31)29(18-23-8-6-5-7-9-23)19-25-13-10-21(2)33-25/h5-15H,4,16-20H2,1-3H3. The fraction of sp³-hybridized carbons (Fsp3) is 0.333. The molecule has 3 rings (SSSR count). The molecule has 1 heterocycles. The Kier molecular flexibility index (Phi) is 8.70. The number of carbonyl (C=O) groups is 2. The van der Waals surface area contributed by atoms with Crippen LogP contribution in [0.15, 0.2) is 71.1 Å². The van der Waals surface area contributed by atoms with E-state index >= 15 is 0 Å². The van der Waals surface area contributed by atoms with Crippen molar-refractivity contribution in [2.75, 3.05) is 20.2 Å². The Morgan fingerprint density at radius 2 is 1.58 bits per heavy atom. The van der Waals surface area contributed by atoms with Gasteiger partial charge in [0.15, 0.2) is 0 Å². The van der Waals surface area contributed by atoms with Gasteiger partial charge in [0.1, 0.15) is 17.3 Å². The van der Waals surface area contributed by atoms with Gasteiger partial charge in [0.05, 0.1) is 26.6 Å². The molecule has 0 fully saturated rings. The molecule has 6 nitrogen and oxygen atoms in total. The maximum atomic E-state index is 13.4. The minimum atomic E-state index is -0.107. The van der Waals surface area contributed by atoms with E-state index in [-0.39, 0.29) is 24.8 Å². The Bertz CT molecular complexity index is 1030. The number of benzene rings is 2. The number of aryl methyl sites for hydroxylation is 1. The number of hydrogen-bond acceptors (Lipinski definition) is 4. The van der Waals surface area contributed by atoms with Crippen molar-refractivity contribution in [3.8, 4) is 5.75 Å². The molecule has 6 heteroatoms. The van der Waals surface area contributed by atoms with Crippen molar-refractivity contribution in [3.63, 3.8) is 0 Å². The van der Waals surface area contributed by atoms with E-state index in [2.05, 4.69) is 0 Å². The molecule has 0 bridgehead atoms. The zero-order valence-corrected chi connectivity index (χ0v) is 19.6. The number of nitrogens with zero attached hydrogens (tertiary/aromatic N) is 2. The molecule has 0 aliphatic carbocycles. The second-order valence-electron chi connectivity index (χ2n) is 8.09. The number of amides is 2. The highest BCUT2D eigenvalue weighted by Crippen LogP contribution is 2.15. The Balaban J connectivity index is 1.72. The summed E-state index contributed by atoms with van der Waals surface area (Å²) in [5.41, 5.74) is 1.92. The second kappa shape index (κ2) is 11.9. The van der Waals surface area contributed by atoms with Gasteiger partial charge in [0.2, 0.25) is 11.8 Å². The SMILES string of the molecule is CCCN(CC(=O)N(Cc1ccccc1)Cc1ccc(C)o1)C(=O)Cc1ccc(OC)cc1. The molecule has 33 heavy (non-hydrogen) atoms. The molecule has 0 spiro atoms. The molecule has 0 radical (unpaired) electrons. The molecule has 3 aromatic rings. The van der Waals surface area contributed by atoms with Crippen molar-refractivity contribution in [1.29, 1.82) is 0 Å². The van der Waals surface area contributed by atoms with Crippen LogP contribution < -0.4 is 4.74 Å². The van der Waals surface area contributed by atoms with Crippen LogP contribution in [0.25, 0.3) is 0 Å². The Hall–Kier alpha value is -3.54. The fourth-order valence-electron chi connectivity index (χ4n) is 3.65. The van der Waals surface area contributed by atoms with Gasteiger partial charge in [-0.2, -0.15) is 0 Å². The van der Waals surface area contributed by atoms with Crippen LogP contribution in [0, 0.1) is 6.92 Å². The predicted octanol–water partition coefficient (Wildman–Crippen LogP) is 4.61. The largest absolute Gasteiger partial charge is 0.497 e. The molecule has 0 aliphatic heterocycles. The Labute approximate surface area is 195 Å². The lowest BCUT2D eigenvalue weighted by atomic mass is 10.1. The van der Waals surface area contributed by atoms with Crippen LogP contribution in [0.3, 0.4) is 0 Å². The van der Waals surface area contributed by atoms with Gasteiger partial charge in [-0.05, 0) is 48.7 Å². The lowest BCUT2D eigenvalue weighted by Gasteiger charge is -2.27. The summed E-state index contributed by atoms with van der Waals surface area (Å²) in [5.74, 6) is 2.10. The molecule has 0 aliphatic rings. The molecule has 0 saturated heterocycles. The average molecular weight is 449 g/mol. The molecule has 0 N–H and O–H groups in total. The molecule has 1 aromatic heterocycles. The Morgan fingerprint density at radius 3 is 2.18 bits per heavy atom. The van der Waals surface area contributed by atoms with Gasteiger partial charge in [0.25, 0.3) is 0 Å². The predicted molar refractivity (Wildman–Crippen MR) is 128 cm³/mol. The summed E-state index contributed by atoms with van der Waals surface area (Å²) in [4.78, 5) is 29.8. The van der Waals surface area contributed by atoms with Crippen LogP contribution in [-0.2, 0) is 29.1 Å². The third-order valence-corrected chi connectivity index (χ3v) is 5.40. The normalized spacial score (nSPS) is 10.6. The van der Waals surface area contributed by atoms with Gasteiger partial charge in [-0.1, -0.05) is 49.4 Å². The van der Waals surface area contributed by atoms with Gasteiger partial charge in [-0.15, -0.1) is 0 Å². The topological polar surface area (TPSA) is 63.0 Å². The number of ether oxygens (including phenoxy) is 1. The van der Waals surface area contributed by atoms with Crippen LogP contribution >= 0.6 is 0 Å². The molecule has 0 saturated carbocycles. The summed E-state index contributed by atoms with van der Waals surface area (Å²) in [5, 5.41) is 0. The van der Waals surface area contributed by atoms with Crippen LogP contribution in [0.2, 0.25) is 0 Å². The minimum absolute atomic E-state index is 0.0371. The number of carbonyl (C=O) groups excluding carboxylic acids is 2. The fourth-order valence-corrected chi connectivity index (χ4v) is 3.65. The molecule has 0 atom stereocenters. The minimum Gasteiger partial charge on any atom is -0.497 e. The lowest BCUT2D eigenvalue weighted by molar-refractivity contribution is -0.141. The highest BCUT2D eigenvalue weighted by molar-refractivity contribution is 5.86. The number of hydrogen-bond donors (Lipinski definition) is 0. The monoisotopic (exact) mass is 448 g/mol. The Morgan fingerprint density at radius 1 is 0.848 bits per heavy atom. The van der Waals surface area contributed by atoms with Crippen molar-refractivity contribution in [1.82, 2.24) is 9.80 Å². The summed E-state index contributed by atoms with van der Waals surface area (Å²) in [6.07, 6.45) is 1.02. The molecular weight excluding hydrogens is 416 g/mol. The lowest BCUT2D eigenvalue weighted by Crippen LogP contribution is -2.43. The summed E-state index contributed by atoms with van der Waals surface area (Å²) in [7, 11) is 1.61. The molecule has 2 aromatic carbocycles. The third kappa shape index (κ3) is 7.24. The van der Waals surface area contributed by atoms with E-state index in [0.717, 1.165) is 34.8 Å². The summed E-state index contributed by atoms with van der Waals surface area (Å²) in [6, 6.07) is 21.1. The zero-order valence-electron chi connectivity index (χ0n) is 19.6. The smallest absolute Gasteiger partial charge is 0.242 e. The second-order valence-corrected chi connectivity index (χ2v) is 8.09. The van der Waals surface area contributed by atoms with Gasteiger partial charge < -0.3 is 19.0 Å². The van der Waals surface area contributed by atoms with Crippen LogP contribution in [-0.4, -0.2) is 41.8 Å². The molecule has 174 valence electrons. The number of methoxy groups -OCH3 is 1. The zero-order chi connectivity index (χ0) is 23.6. The summed E-state index contributed by atoms with van der Waals surface area (Å²) >= 11 is 0. The quantitative estimate of drug-likeness (QED) is 0.430. The maximum absolute atomic E-state index is 13.4. The first kappa shape index (κ1) is 24.1. The molecular formula is C27H32N2O4. The number of rotatable bonds is 11. The van der Waals surface area contributed by atoms with E-state index in [1.165, 1.54) is 0 Å². The maximum Gasteiger partial charge on any atom is 0.242 e. The van der Waals surface area contributed by atoms with Gasteiger partial charge >= 0.3 is 0 Å². The first-order valence-electron chi connectivity index (χ1n) is 11.3. The van der Waals surface area contributed by atoms with Gasteiger partial charge in [-0.25, -0.2) is 0 Å². The number of furan rings is 1. The van der Waals surface area contributed by atoms with E-state index in [0.29, 0.717) is 19.6 Å². The third-order valence-electron chi connectivity index (χ3n) is 5.40. The van der Waals surface area contributed by atoms with E-state index in [9.17, 15) is 9.59 Å². The van der Waals surface area contributed by atoms with Crippen LogP contribution in [0.1, 0.15) is 36.0 Å². The van der Waals surface area contributed by atoms with Crippen molar-refractivity contribution in [3.05, 3.63) is 89.4 Å². The first-order valence-corrected chi connectivity index (χ1v) is 11.3. The highest BCUT2D eigenvalue weighted by Gasteiger charge is 2.22. The van der Waals surface area contributed by atoms with E-state index in [1.807, 2.05) is 80.6 Å². The molecule has 0 unspecified atom stereocenters. The van der Waals surface area contributed by atoms with Crippen molar-refractivity contribution in [2.24, 2.45) is 0 Å². The van der Waals surface area contributed by atoms with E-state index < -0.39 is 0 Å². The van der Waals surface area contributed by atoms with Crippen LogP contribution in [0.4, 0.5) is 0 Å². The van der Waals surface area contributed by atoms with Crippen molar-refractivity contribution < 1.29 is 18.7 Å². The van der Waals surface area contributed by atoms with Gasteiger partial charge in [0, 0.05) is 13.1 Å². The van der Waals surface area contributed by atoms with Crippen LogP contribution in [0.5, 0.6) is 5.75 Å². The van der Waals surface area contributed by atoms with Crippen molar-refractivity contribution in [2.45, 2.75) is 39.8 Å². The van der Waals surface area contributed by atoms with Crippen molar-refractivity contribution >= 4 is 11.8 Å². The summed E-state index contributed by atoms with van der Waals surface area (Å²) < 4.78 is 10.9. The van der Waals surface area contributed by atoms with E-state index in [4.69, 9.17) is 9.15 Å². The highest BCUT2D eigenvalue weighted by atomic mass is 16.5. The van der Waals surface area contributed by atoms with E-state index in [1.54, 1.807) is 16.9 Å². The molecule has 2 amide bonds. The first-order chi connectivity index (χ1) is 16.0. The average Bonchev–Trinajstić information content (AvgIpc) is 3.24. The summed E-state index contributed by atoms with van der Waals surface area (Å²) in [6.45, 7) is 5.26. The van der Waals surface area contributed by atoms with Gasteiger partial charge in [-0.3, -0.25) is 9.59 Å².